The van der Waals surface area contributed by atoms with Crippen LogP contribution in [0.5, 0.6) is 0 Å². The summed E-state index contributed by atoms with van der Waals surface area (Å²) < 4.78 is 0. The maximum absolute atomic E-state index is 12.1. The first-order valence-electron chi connectivity index (χ1n) is 9.14. The zero-order valence-corrected chi connectivity index (χ0v) is 15.7. The Balaban J connectivity index is 1.53. The van der Waals surface area contributed by atoms with Gasteiger partial charge in [-0.05, 0) is 42.0 Å². The number of nitrogens with one attached hydrogen (secondary N) is 2. The third-order valence-corrected chi connectivity index (χ3v) is 4.54. The van der Waals surface area contributed by atoms with E-state index in [0.29, 0.717) is 12.4 Å². The summed E-state index contributed by atoms with van der Waals surface area (Å²) in [6.45, 7) is 8.87. The van der Waals surface area contributed by atoms with Crippen molar-refractivity contribution in [2.45, 2.75) is 45.6 Å². The van der Waals surface area contributed by atoms with E-state index in [1.165, 1.54) is 18.4 Å². The Kier molecular flexibility index (Phi) is 5.40. The summed E-state index contributed by atoms with van der Waals surface area (Å²) in [5.41, 5.74) is 2.09. The average Bonchev–Trinajstić information content (AvgIpc) is 3.15. The number of hydrogen-bond acceptors (Lipinski definition) is 4. The molecule has 1 aliphatic rings. The number of aromatic nitrogens is 2. The Labute approximate surface area is 155 Å². The van der Waals surface area contributed by atoms with E-state index >= 15 is 0 Å². The van der Waals surface area contributed by atoms with Crippen molar-refractivity contribution in [2.24, 2.45) is 0 Å². The van der Waals surface area contributed by atoms with E-state index in [2.05, 4.69) is 46.3 Å². The van der Waals surface area contributed by atoms with Crippen LogP contribution in [0.3, 0.4) is 0 Å². The maximum atomic E-state index is 12.1. The van der Waals surface area contributed by atoms with Crippen LogP contribution in [-0.2, 0) is 12.0 Å². The molecule has 6 heteroatoms. The Hall–Kier alpha value is -2.63. The highest BCUT2D eigenvalue weighted by Gasteiger charge is 2.15. The fourth-order valence-electron chi connectivity index (χ4n) is 2.98. The number of benzene rings is 1. The summed E-state index contributed by atoms with van der Waals surface area (Å²) in [5.74, 6) is 1.56. The molecule has 1 aromatic heterocycles. The largest absolute Gasteiger partial charge is 0.357 e. The van der Waals surface area contributed by atoms with Gasteiger partial charge < -0.3 is 15.5 Å². The first-order valence-corrected chi connectivity index (χ1v) is 9.14. The van der Waals surface area contributed by atoms with Gasteiger partial charge in [-0.15, -0.1) is 0 Å². The highest BCUT2D eigenvalue weighted by Crippen LogP contribution is 2.23. The molecule has 26 heavy (non-hydrogen) atoms. The quantitative estimate of drug-likeness (QED) is 0.879. The third kappa shape index (κ3) is 4.71. The van der Waals surface area contributed by atoms with E-state index in [4.69, 9.17) is 0 Å². The van der Waals surface area contributed by atoms with Crippen LogP contribution in [0.4, 0.5) is 16.3 Å². The molecule has 1 saturated heterocycles. The molecule has 2 amide bonds. The number of nitrogens with zero attached hydrogens (tertiary/aromatic N) is 3. The van der Waals surface area contributed by atoms with Crippen LogP contribution in [0.25, 0.3) is 0 Å². The summed E-state index contributed by atoms with van der Waals surface area (Å²) in [6.07, 6.45) is 4.16. The molecule has 0 bridgehead atoms. The van der Waals surface area contributed by atoms with E-state index < -0.39 is 0 Å². The molecule has 2 aromatic rings. The van der Waals surface area contributed by atoms with Gasteiger partial charge in [0.05, 0.1) is 6.54 Å². The molecular formula is C20H27N5O. The number of carbonyl (C=O) groups is 1. The van der Waals surface area contributed by atoms with Crippen molar-refractivity contribution in [3.05, 3.63) is 47.9 Å². The van der Waals surface area contributed by atoms with Crippen LogP contribution in [0.15, 0.2) is 36.5 Å². The SMILES string of the molecule is CC(C)(C)c1ccc(NC(=O)NCc2nccc(N3CCCC3)n2)cc1. The lowest BCUT2D eigenvalue weighted by atomic mass is 9.87. The number of hydrogen-bond donors (Lipinski definition) is 2. The molecule has 0 saturated carbocycles. The van der Waals surface area contributed by atoms with Gasteiger partial charge in [0.15, 0.2) is 0 Å². The second-order valence-corrected chi connectivity index (χ2v) is 7.66. The predicted molar refractivity (Wildman–Crippen MR) is 104 cm³/mol. The molecule has 1 fully saturated rings. The normalized spacial score (nSPS) is 14.3. The fraction of sp³-hybridized carbons (Fsp3) is 0.450. The molecule has 3 rings (SSSR count). The van der Waals surface area contributed by atoms with E-state index in [0.717, 1.165) is 24.6 Å². The summed E-state index contributed by atoms with van der Waals surface area (Å²) in [4.78, 5) is 23.2. The lowest BCUT2D eigenvalue weighted by Crippen LogP contribution is -2.29. The highest BCUT2D eigenvalue weighted by molar-refractivity contribution is 5.89. The molecule has 1 aliphatic heterocycles. The van der Waals surface area contributed by atoms with Gasteiger partial charge in [0.1, 0.15) is 11.6 Å². The summed E-state index contributed by atoms with van der Waals surface area (Å²) in [6, 6.07) is 9.58. The number of carbonyl (C=O) groups excluding carboxylic acids is 1. The van der Waals surface area contributed by atoms with Gasteiger partial charge in [-0.3, -0.25) is 0 Å². The second-order valence-electron chi connectivity index (χ2n) is 7.66. The lowest BCUT2D eigenvalue weighted by Gasteiger charge is -2.19. The zero-order chi connectivity index (χ0) is 18.6. The molecular weight excluding hydrogens is 326 g/mol. The minimum atomic E-state index is -0.260. The van der Waals surface area contributed by atoms with Crippen molar-refractivity contribution in [1.29, 1.82) is 0 Å². The standard InChI is InChI=1S/C20H27N5O/c1-20(2,3)15-6-8-16(9-7-15)23-19(26)22-14-17-21-11-10-18(24-17)25-12-4-5-13-25/h6-11H,4-5,12-14H2,1-3H3,(H2,22,23,26). The highest BCUT2D eigenvalue weighted by atomic mass is 16.2. The van der Waals surface area contributed by atoms with Crippen LogP contribution >= 0.6 is 0 Å². The van der Waals surface area contributed by atoms with Crippen molar-refractivity contribution < 1.29 is 4.79 Å². The fourth-order valence-corrected chi connectivity index (χ4v) is 2.98. The maximum Gasteiger partial charge on any atom is 0.319 e. The Morgan fingerprint density at radius 3 is 2.46 bits per heavy atom. The van der Waals surface area contributed by atoms with Gasteiger partial charge in [-0.1, -0.05) is 32.9 Å². The van der Waals surface area contributed by atoms with Crippen molar-refractivity contribution in [3.8, 4) is 0 Å². The monoisotopic (exact) mass is 353 g/mol. The van der Waals surface area contributed by atoms with E-state index in [-0.39, 0.29) is 11.4 Å². The number of rotatable bonds is 4. The van der Waals surface area contributed by atoms with Crippen molar-refractivity contribution in [1.82, 2.24) is 15.3 Å². The molecule has 0 atom stereocenters. The number of urea groups is 1. The molecule has 0 spiro atoms. The van der Waals surface area contributed by atoms with Crippen LogP contribution in [0, 0.1) is 0 Å². The number of anilines is 2. The van der Waals surface area contributed by atoms with Crippen molar-refractivity contribution >= 4 is 17.5 Å². The van der Waals surface area contributed by atoms with Crippen molar-refractivity contribution in [2.75, 3.05) is 23.3 Å². The average molecular weight is 353 g/mol. The first-order chi connectivity index (χ1) is 12.4. The zero-order valence-electron chi connectivity index (χ0n) is 15.7. The van der Waals surface area contributed by atoms with E-state index in [1.54, 1.807) is 6.20 Å². The molecule has 2 heterocycles. The van der Waals surface area contributed by atoms with Crippen LogP contribution in [0.1, 0.15) is 45.0 Å². The lowest BCUT2D eigenvalue weighted by molar-refractivity contribution is 0.251. The summed E-state index contributed by atoms with van der Waals surface area (Å²) in [5, 5.41) is 5.66. The first kappa shape index (κ1) is 18.2. The molecule has 1 aromatic carbocycles. The van der Waals surface area contributed by atoms with Gasteiger partial charge in [0.25, 0.3) is 0 Å². The summed E-state index contributed by atoms with van der Waals surface area (Å²) >= 11 is 0. The molecule has 138 valence electrons. The van der Waals surface area contributed by atoms with E-state index in [9.17, 15) is 4.79 Å². The Morgan fingerprint density at radius 2 is 1.81 bits per heavy atom. The van der Waals surface area contributed by atoms with Crippen LogP contribution < -0.4 is 15.5 Å². The van der Waals surface area contributed by atoms with Gasteiger partial charge in [-0.25, -0.2) is 14.8 Å². The van der Waals surface area contributed by atoms with Gasteiger partial charge in [-0.2, -0.15) is 0 Å². The molecule has 0 unspecified atom stereocenters. The predicted octanol–water partition coefficient (Wildman–Crippen LogP) is 3.70. The van der Waals surface area contributed by atoms with Gasteiger partial charge >= 0.3 is 6.03 Å². The molecule has 0 aliphatic carbocycles. The minimum absolute atomic E-state index is 0.0957. The number of amides is 2. The smallest absolute Gasteiger partial charge is 0.319 e. The second kappa shape index (κ2) is 7.72. The van der Waals surface area contributed by atoms with Crippen LogP contribution in [-0.4, -0.2) is 29.1 Å². The molecule has 6 nitrogen and oxygen atoms in total. The van der Waals surface area contributed by atoms with E-state index in [1.807, 2.05) is 30.3 Å². The minimum Gasteiger partial charge on any atom is -0.357 e. The molecule has 2 N–H and O–H groups in total. The Bertz CT molecular complexity index is 746. The molecule has 0 radical (unpaired) electrons. The van der Waals surface area contributed by atoms with Gasteiger partial charge in [0, 0.05) is 25.0 Å². The Morgan fingerprint density at radius 1 is 1.12 bits per heavy atom. The summed E-state index contributed by atoms with van der Waals surface area (Å²) in [7, 11) is 0. The topological polar surface area (TPSA) is 70.2 Å². The van der Waals surface area contributed by atoms with Gasteiger partial charge in [0.2, 0.25) is 0 Å². The van der Waals surface area contributed by atoms with Crippen molar-refractivity contribution in [3.63, 3.8) is 0 Å². The van der Waals surface area contributed by atoms with Crippen LogP contribution in [0.2, 0.25) is 0 Å². The third-order valence-electron chi connectivity index (χ3n) is 4.54.